The largest absolute Gasteiger partial charge is 0.355 e. The van der Waals surface area contributed by atoms with Crippen LogP contribution in [-0.4, -0.2) is 54.0 Å². The van der Waals surface area contributed by atoms with Crippen molar-refractivity contribution in [2.45, 2.75) is 6.54 Å². The minimum Gasteiger partial charge on any atom is -0.355 e. The Labute approximate surface area is 167 Å². The Kier molecular flexibility index (Phi) is 8.10. The molecule has 3 N–H and O–H groups in total. The van der Waals surface area contributed by atoms with Crippen LogP contribution < -0.4 is 16.0 Å². The second-order valence-corrected chi connectivity index (χ2v) is 5.66. The van der Waals surface area contributed by atoms with Gasteiger partial charge in [-0.2, -0.15) is 0 Å². The van der Waals surface area contributed by atoms with Crippen LogP contribution in [0.1, 0.15) is 5.69 Å². The fraction of sp³-hybridized carbons (Fsp3) is 0.462. The van der Waals surface area contributed by atoms with E-state index in [4.69, 9.17) is 23.2 Å². The van der Waals surface area contributed by atoms with Crippen LogP contribution in [0, 0.1) is 0 Å². The zero-order valence-electron chi connectivity index (χ0n) is 13.2. The van der Waals surface area contributed by atoms with Crippen LogP contribution in [0.25, 0.3) is 0 Å². The molecule has 0 radical (unpaired) electrons. The average Bonchev–Trinajstić information content (AvgIpc) is 2.98. The predicted octanol–water partition coefficient (Wildman–Crippen LogP) is 1.17. The van der Waals surface area contributed by atoms with Gasteiger partial charge in [0.25, 0.3) is 0 Å². The first kappa shape index (κ1) is 20.8. The zero-order chi connectivity index (χ0) is 17.0. The third kappa shape index (κ3) is 4.90. The normalized spacial score (nSPS) is 14.5. The van der Waals surface area contributed by atoms with Gasteiger partial charge in [0.05, 0.1) is 18.1 Å². The first-order valence-electron chi connectivity index (χ1n) is 6.96. The molecule has 0 bridgehead atoms. The summed E-state index contributed by atoms with van der Waals surface area (Å²) in [5.74, 6) is 0.318. The van der Waals surface area contributed by atoms with Gasteiger partial charge in [-0.05, 0) is 6.07 Å². The summed E-state index contributed by atoms with van der Waals surface area (Å²) in [5.41, 5.74) is 0.900. The van der Waals surface area contributed by atoms with Crippen molar-refractivity contribution in [2.24, 2.45) is 12.0 Å². The Morgan fingerprint density at radius 1 is 1.38 bits per heavy atom. The number of aliphatic imine (C=N–C) groups is 1. The molecule has 1 aromatic heterocycles. The Morgan fingerprint density at radius 3 is 2.58 bits per heavy atom. The molecule has 0 saturated carbocycles. The van der Waals surface area contributed by atoms with E-state index in [-0.39, 0.29) is 49.0 Å². The average molecular weight is 489 g/mol. The summed E-state index contributed by atoms with van der Waals surface area (Å²) < 4.78 is 1.78. The van der Waals surface area contributed by atoms with E-state index in [1.807, 2.05) is 7.05 Å². The maximum absolute atomic E-state index is 11.5. The van der Waals surface area contributed by atoms with Crippen LogP contribution in [-0.2, 0) is 18.4 Å². The van der Waals surface area contributed by atoms with E-state index < -0.39 is 0 Å². The van der Waals surface area contributed by atoms with Gasteiger partial charge in [-0.3, -0.25) is 14.7 Å². The predicted molar refractivity (Wildman–Crippen MR) is 104 cm³/mol. The number of carbonyl (C=O) groups excluding carboxylic acids is 2. The lowest BCUT2D eigenvalue weighted by molar-refractivity contribution is -0.124. The first-order valence-corrected chi connectivity index (χ1v) is 7.72. The highest BCUT2D eigenvalue weighted by atomic mass is 127. The molecule has 3 amide bonds. The number of nitrogens with zero attached hydrogens (tertiary/aromatic N) is 3. The molecule has 0 aliphatic carbocycles. The number of urea groups is 1. The van der Waals surface area contributed by atoms with Gasteiger partial charge in [0, 0.05) is 32.9 Å². The lowest BCUT2D eigenvalue weighted by Crippen LogP contribution is -2.43. The second-order valence-electron chi connectivity index (χ2n) is 4.89. The van der Waals surface area contributed by atoms with Gasteiger partial charge in [0.1, 0.15) is 5.15 Å². The third-order valence-electron chi connectivity index (χ3n) is 3.44. The summed E-state index contributed by atoms with van der Waals surface area (Å²) in [7, 11) is 3.45. The number of halogens is 3. The number of amides is 3. The van der Waals surface area contributed by atoms with Gasteiger partial charge < -0.3 is 20.5 Å². The monoisotopic (exact) mass is 488 g/mol. The quantitative estimate of drug-likeness (QED) is 0.251. The number of nitrogens with one attached hydrogen (secondary N) is 3. The fourth-order valence-electron chi connectivity index (χ4n) is 2.12. The highest BCUT2D eigenvalue weighted by Gasteiger charge is 2.27. The molecule has 1 aliphatic heterocycles. The van der Waals surface area contributed by atoms with E-state index in [0.717, 1.165) is 10.6 Å². The van der Waals surface area contributed by atoms with Gasteiger partial charge in [-0.25, -0.2) is 4.79 Å². The summed E-state index contributed by atoms with van der Waals surface area (Å²) >= 11 is 12.0. The van der Waals surface area contributed by atoms with Crippen molar-refractivity contribution in [3.05, 3.63) is 21.9 Å². The molecule has 11 heteroatoms. The molecular weight excluding hydrogens is 470 g/mol. The van der Waals surface area contributed by atoms with E-state index in [1.165, 1.54) is 0 Å². The van der Waals surface area contributed by atoms with E-state index in [9.17, 15) is 9.59 Å². The maximum atomic E-state index is 11.5. The molecule has 24 heavy (non-hydrogen) atoms. The zero-order valence-corrected chi connectivity index (χ0v) is 17.1. The van der Waals surface area contributed by atoms with E-state index in [2.05, 4.69) is 20.9 Å². The molecule has 1 aromatic rings. The first-order chi connectivity index (χ1) is 10.9. The molecule has 1 aliphatic rings. The number of hydrogen-bond donors (Lipinski definition) is 3. The summed E-state index contributed by atoms with van der Waals surface area (Å²) in [6, 6.07) is 1.41. The number of imide groups is 1. The van der Waals surface area contributed by atoms with Gasteiger partial charge in [0.15, 0.2) is 5.96 Å². The summed E-state index contributed by atoms with van der Waals surface area (Å²) in [6.45, 7) is 1.20. The molecule has 2 rings (SSSR count). The summed E-state index contributed by atoms with van der Waals surface area (Å²) in [6.07, 6.45) is 0. The molecule has 0 unspecified atom stereocenters. The van der Waals surface area contributed by atoms with E-state index in [1.54, 1.807) is 17.7 Å². The minimum absolute atomic E-state index is 0. The Hall–Kier alpha value is -1.20. The smallest absolute Gasteiger partial charge is 0.324 e. The molecular formula is C13H19Cl2IN6O2. The van der Waals surface area contributed by atoms with Crippen molar-refractivity contribution in [2.75, 3.05) is 26.7 Å². The van der Waals surface area contributed by atoms with E-state index >= 15 is 0 Å². The Balaban J connectivity index is 0.00000288. The molecule has 2 heterocycles. The molecule has 0 spiro atoms. The summed E-state index contributed by atoms with van der Waals surface area (Å²) in [5, 5.41) is 9.59. The van der Waals surface area contributed by atoms with Gasteiger partial charge in [0.2, 0.25) is 5.91 Å². The Morgan fingerprint density at radius 2 is 2.08 bits per heavy atom. The van der Waals surface area contributed by atoms with Crippen molar-refractivity contribution in [3.63, 3.8) is 0 Å². The number of carbonyl (C=O) groups is 2. The van der Waals surface area contributed by atoms with Crippen LogP contribution in [0.15, 0.2) is 11.1 Å². The molecule has 1 saturated heterocycles. The highest BCUT2D eigenvalue weighted by Crippen LogP contribution is 2.24. The topological polar surface area (TPSA) is 90.8 Å². The van der Waals surface area contributed by atoms with Crippen LogP contribution in [0.2, 0.25) is 10.2 Å². The van der Waals surface area contributed by atoms with E-state index in [0.29, 0.717) is 29.2 Å². The van der Waals surface area contributed by atoms with Crippen molar-refractivity contribution in [1.82, 2.24) is 25.4 Å². The highest BCUT2D eigenvalue weighted by molar-refractivity contribution is 14.0. The molecule has 8 nitrogen and oxygen atoms in total. The number of aromatic nitrogens is 1. The number of guanidine groups is 1. The lowest BCUT2D eigenvalue weighted by atomic mass is 10.4. The molecule has 0 atom stereocenters. The Bertz CT molecular complexity index is 633. The van der Waals surface area contributed by atoms with Crippen molar-refractivity contribution in [3.8, 4) is 0 Å². The van der Waals surface area contributed by atoms with Gasteiger partial charge in [-0.15, -0.1) is 24.0 Å². The molecule has 134 valence electrons. The van der Waals surface area contributed by atoms with Crippen molar-refractivity contribution in [1.29, 1.82) is 0 Å². The molecule has 1 fully saturated rings. The van der Waals surface area contributed by atoms with Crippen LogP contribution in [0.3, 0.4) is 0 Å². The SMILES string of the molecule is CN=C(NCCN1C(=O)CNC1=O)NCc1cc(Cl)c(Cl)n1C.I. The molecule has 0 aromatic carbocycles. The minimum atomic E-state index is -0.368. The van der Waals surface area contributed by atoms with Gasteiger partial charge in [-0.1, -0.05) is 23.2 Å². The van der Waals surface area contributed by atoms with Gasteiger partial charge >= 0.3 is 6.03 Å². The second kappa shape index (κ2) is 9.33. The maximum Gasteiger partial charge on any atom is 0.324 e. The van der Waals surface area contributed by atoms with Crippen LogP contribution >= 0.6 is 47.2 Å². The number of hydrogen-bond acceptors (Lipinski definition) is 3. The standard InChI is InChI=1S/C13H18Cl2N6O2.HI/c1-16-12(17-3-4-21-10(22)7-19-13(21)23)18-6-8-5-9(14)11(15)20(8)2;/h5H,3-4,6-7H2,1-2H3,(H,19,23)(H2,16,17,18);1H. The van der Waals surface area contributed by atoms with Crippen molar-refractivity contribution >= 4 is 65.1 Å². The van der Waals surface area contributed by atoms with Crippen molar-refractivity contribution < 1.29 is 9.59 Å². The van der Waals surface area contributed by atoms with Crippen LogP contribution in [0.5, 0.6) is 0 Å². The number of rotatable bonds is 5. The lowest BCUT2D eigenvalue weighted by Gasteiger charge is -2.15. The fourth-order valence-corrected chi connectivity index (χ4v) is 2.54. The van der Waals surface area contributed by atoms with Crippen LogP contribution in [0.4, 0.5) is 4.79 Å². The third-order valence-corrected chi connectivity index (χ3v) is 4.28. The summed E-state index contributed by atoms with van der Waals surface area (Å²) in [4.78, 5) is 28.1.